The normalized spacial score (nSPS) is 20.6. The van der Waals surface area contributed by atoms with Gasteiger partial charge in [0.2, 0.25) is 0 Å². The van der Waals surface area contributed by atoms with Gasteiger partial charge in [-0.3, -0.25) is 0 Å². The number of imidazole rings is 1. The summed E-state index contributed by atoms with van der Waals surface area (Å²) in [5, 5.41) is 2.80. The predicted octanol–water partition coefficient (Wildman–Crippen LogP) is 1.47. The third kappa shape index (κ3) is 4.22. The summed E-state index contributed by atoms with van der Waals surface area (Å²) < 4.78 is 23.3. The van der Waals surface area contributed by atoms with Crippen LogP contribution in [-0.2, 0) is 9.84 Å². The summed E-state index contributed by atoms with van der Waals surface area (Å²) in [7, 11) is -3.10. The van der Waals surface area contributed by atoms with Crippen molar-refractivity contribution >= 4 is 15.9 Å². The molecule has 22 heavy (non-hydrogen) atoms. The van der Waals surface area contributed by atoms with Crippen molar-refractivity contribution in [2.75, 3.05) is 18.1 Å². The third-order valence-corrected chi connectivity index (χ3v) is 5.80. The summed E-state index contributed by atoms with van der Waals surface area (Å²) in [5.41, 5.74) is 0. The highest BCUT2D eigenvalue weighted by molar-refractivity contribution is 7.91. The van der Waals surface area contributed by atoms with Gasteiger partial charge in [0.15, 0.2) is 9.84 Å². The highest BCUT2D eigenvalue weighted by Gasteiger charge is 2.30. The lowest BCUT2D eigenvalue weighted by Crippen LogP contribution is -2.49. The van der Waals surface area contributed by atoms with E-state index in [-0.39, 0.29) is 23.6 Å². The van der Waals surface area contributed by atoms with Crippen LogP contribution in [0.15, 0.2) is 12.4 Å². The molecule has 0 saturated carbocycles. The molecule has 2 atom stereocenters. The number of likely N-dealkylation sites (tertiary alicyclic amines) is 1. The van der Waals surface area contributed by atoms with Gasteiger partial charge in [-0.05, 0) is 26.2 Å². The number of rotatable bonds is 5. The summed E-state index contributed by atoms with van der Waals surface area (Å²) in [4.78, 5) is 21.5. The van der Waals surface area contributed by atoms with E-state index in [1.165, 1.54) is 0 Å². The van der Waals surface area contributed by atoms with E-state index < -0.39 is 15.9 Å². The first-order valence-electron chi connectivity index (χ1n) is 7.69. The van der Waals surface area contributed by atoms with Crippen LogP contribution in [0.25, 0.3) is 0 Å². The van der Waals surface area contributed by atoms with E-state index in [0.29, 0.717) is 6.54 Å². The smallest absolute Gasteiger partial charge is 0.318 e. The molecular formula is C14H24N4O3S. The number of hydrogen-bond acceptors (Lipinski definition) is 4. The maximum Gasteiger partial charge on any atom is 0.318 e. The second kappa shape index (κ2) is 7.13. The average Bonchev–Trinajstić information content (AvgIpc) is 3.00. The molecule has 2 heterocycles. The molecule has 0 unspecified atom stereocenters. The fraction of sp³-hybridized carbons (Fsp3) is 0.714. The lowest BCUT2D eigenvalue weighted by atomic mass is 10.0. The predicted molar refractivity (Wildman–Crippen MR) is 84.2 cm³/mol. The number of amides is 2. The van der Waals surface area contributed by atoms with Crippen molar-refractivity contribution in [1.29, 1.82) is 0 Å². The SMILES string of the molecule is CCS(=O)(=O)C[C@@H](C)NC(=O)N1CCCC[C@H]1c1ncc[nH]1. The van der Waals surface area contributed by atoms with Gasteiger partial charge >= 0.3 is 6.03 Å². The van der Waals surface area contributed by atoms with E-state index in [2.05, 4.69) is 15.3 Å². The van der Waals surface area contributed by atoms with Gasteiger partial charge in [-0.15, -0.1) is 0 Å². The Morgan fingerprint density at radius 1 is 1.55 bits per heavy atom. The minimum atomic E-state index is -3.10. The molecule has 1 aromatic rings. The molecule has 0 aromatic carbocycles. The van der Waals surface area contributed by atoms with Crippen molar-refractivity contribution in [2.45, 2.75) is 45.2 Å². The van der Waals surface area contributed by atoms with E-state index in [0.717, 1.165) is 25.1 Å². The van der Waals surface area contributed by atoms with Gasteiger partial charge in [0, 0.05) is 30.7 Å². The van der Waals surface area contributed by atoms with Crippen molar-refractivity contribution in [1.82, 2.24) is 20.2 Å². The van der Waals surface area contributed by atoms with Crippen LogP contribution in [0.2, 0.25) is 0 Å². The summed E-state index contributed by atoms with van der Waals surface area (Å²) in [6, 6.07) is -0.699. The molecule has 2 amide bonds. The van der Waals surface area contributed by atoms with Gasteiger partial charge in [-0.25, -0.2) is 18.2 Å². The van der Waals surface area contributed by atoms with E-state index in [1.807, 2.05) is 0 Å². The third-order valence-electron chi connectivity index (χ3n) is 3.91. The van der Waals surface area contributed by atoms with Crippen molar-refractivity contribution in [3.63, 3.8) is 0 Å². The van der Waals surface area contributed by atoms with E-state index in [9.17, 15) is 13.2 Å². The number of carbonyl (C=O) groups is 1. The van der Waals surface area contributed by atoms with Crippen molar-refractivity contribution in [3.05, 3.63) is 18.2 Å². The maximum absolute atomic E-state index is 12.5. The number of piperidine rings is 1. The second-order valence-corrected chi connectivity index (χ2v) is 8.13. The quantitative estimate of drug-likeness (QED) is 0.855. The Labute approximate surface area is 131 Å². The minimum absolute atomic E-state index is 0.0332. The van der Waals surface area contributed by atoms with Crippen LogP contribution in [0.3, 0.4) is 0 Å². The van der Waals surface area contributed by atoms with Gasteiger partial charge in [0.05, 0.1) is 11.8 Å². The zero-order valence-corrected chi connectivity index (χ0v) is 13.9. The number of nitrogens with zero attached hydrogens (tertiary/aromatic N) is 2. The first kappa shape index (κ1) is 16.8. The number of carbonyl (C=O) groups excluding carboxylic acids is 1. The van der Waals surface area contributed by atoms with Gasteiger partial charge in [-0.1, -0.05) is 6.92 Å². The molecule has 124 valence electrons. The summed E-state index contributed by atoms with van der Waals surface area (Å²) in [6.07, 6.45) is 6.29. The Morgan fingerprint density at radius 2 is 2.32 bits per heavy atom. The zero-order chi connectivity index (χ0) is 16.2. The number of urea groups is 1. The lowest BCUT2D eigenvalue weighted by Gasteiger charge is -2.35. The highest BCUT2D eigenvalue weighted by atomic mass is 32.2. The van der Waals surface area contributed by atoms with Gasteiger partial charge in [0.1, 0.15) is 5.82 Å². The molecule has 0 radical (unpaired) electrons. The Kier molecular flexibility index (Phi) is 5.44. The van der Waals surface area contributed by atoms with Crippen molar-refractivity contribution < 1.29 is 13.2 Å². The van der Waals surface area contributed by atoms with E-state index >= 15 is 0 Å². The number of aromatic amines is 1. The molecule has 7 nitrogen and oxygen atoms in total. The molecule has 0 spiro atoms. The Balaban J connectivity index is 2.00. The number of sulfone groups is 1. The molecule has 1 fully saturated rings. The number of aromatic nitrogens is 2. The topological polar surface area (TPSA) is 95.2 Å². The van der Waals surface area contributed by atoms with E-state index in [4.69, 9.17) is 0 Å². The summed E-state index contributed by atoms with van der Waals surface area (Å²) >= 11 is 0. The maximum atomic E-state index is 12.5. The summed E-state index contributed by atoms with van der Waals surface area (Å²) in [6.45, 7) is 3.99. The molecule has 1 saturated heterocycles. The van der Waals surface area contributed by atoms with Gasteiger partial charge in [-0.2, -0.15) is 0 Å². The molecular weight excluding hydrogens is 304 g/mol. The Morgan fingerprint density at radius 3 is 2.95 bits per heavy atom. The fourth-order valence-electron chi connectivity index (χ4n) is 2.75. The first-order valence-corrected chi connectivity index (χ1v) is 9.52. The molecule has 1 aliphatic rings. The molecule has 1 aliphatic heterocycles. The fourth-order valence-corrected chi connectivity index (χ4v) is 3.83. The molecule has 2 N–H and O–H groups in total. The van der Waals surface area contributed by atoms with Crippen LogP contribution < -0.4 is 5.32 Å². The monoisotopic (exact) mass is 328 g/mol. The standard InChI is InChI=1S/C14H24N4O3S/c1-3-22(20,21)10-11(2)17-14(19)18-9-5-4-6-12(18)13-15-7-8-16-13/h7-8,11-12H,3-6,9-10H2,1-2H3,(H,15,16)(H,17,19)/t11-,12+/m1/s1. The van der Waals surface area contributed by atoms with Crippen LogP contribution in [-0.4, -0.2) is 53.4 Å². The highest BCUT2D eigenvalue weighted by Crippen LogP contribution is 2.28. The van der Waals surface area contributed by atoms with Crippen LogP contribution in [0.1, 0.15) is 45.0 Å². The lowest BCUT2D eigenvalue weighted by molar-refractivity contribution is 0.146. The van der Waals surface area contributed by atoms with Crippen LogP contribution in [0.5, 0.6) is 0 Å². The Hall–Kier alpha value is -1.57. The first-order chi connectivity index (χ1) is 10.4. The van der Waals surface area contributed by atoms with Crippen LogP contribution in [0, 0.1) is 0 Å². The zero-order valence-electron chi connectivity index (χ0n) is 13.1. The second-order valence-electron chi connectivity index (χ2n) is 5.73. The summed E-state index contributed by atoms with van der Waals surface area (Å²) in [5.74, 6) is 0.837. The average molecular weight is 328 g/mol. The molecule has 1 aromatic heterocycles. The van der Waals surface area contributed by atoms with Crippen molar-refractivity contribution in [3.8, 4) is 0 Å². The number of nitrogens with one attached hydrogen (secondary N) is 2. The number of hydrogen-bond donors (Lipinski definition) is 2. The largest absolute Gasteiger partial charge is 0.347 e. The number of H-pyrrole nitrogens is 1. The van der Waals surface area contributed by atoms with Gasteiger partial charge < -0.3 is 15.2 Å². The molecule has 2 rings (SSSR count). The van der Waals surface area contributed by atoms with Gasteiger partial charge in [0.25, 0.3) is 0 Å². The van der Waals surface area contributed by atoms with Crippen LogP contribution in [0.4, 0.5) is 4.79 Å². The van der Waals surface area contributed by atoms with E-state index in [1.54, 1.807) is 31.1 Å². The Bertz CT molecular complexity index is 585. The molecule has 8 heteroatoms. The van der Waals surface area contributed by atoms with Crippen LogP contribution >= 0.6 is 0 Å². The molecule has 0 bridgehead atoms. The molecule has 0 aliphatic carbocycles. The minimum Gasteiger partial charge on any atom is -0.347 e. The van der Waals surface area contributed by atoms with Crippen molar-refractivity contribution in [2.24, 2.45) is 0 Å².